The van der Waals surface area contributed by atoms with Crippen molar-refractivity contribution in [1.82, 2.24) is 10.3 Å². The predicted molar refractivity (Wildman–Crippen MR) is 67.6 cm³/mol. The van der Waals surface area contributed by atoms with Gasteiger partial charge >= 0.3 is 0 Å². The van der Waals surface area contributed by atoms with Crippen LogP contribution in [0.5, 0.6) is 5.75 Å². The first-order valence-corrected chi connectivity index (χ1v) is 5.68. The Labute approximate surface area is 101 Å². The molecule has 2 N–H and O–H groups in total. The van der Waals surface area contributed by atoms with Crippen LogP contribution in [0.3, 0.4) is 0 Å². The zero-order chi connectivity index (χ0) is 12.1. The lowest BCUT2D eigenvalue weighted by atomic mass is 10.1. The van der Waals surface area contributed by atoms with Crippen molar-refractivity contribution in [2.75, 3.05) is 0 Å². The SMILES string of the molecule is C[C@@H](NCc1ccc(O)cc1)c1ccccn1. The second-order valence-electron chi connectivity index (χ2n) is 4.02. The van der Waals surface area contributed by atoms with E-state index in [1.807, 2.05) is 30.3 Å². The third-order valence-corrected chi connectivity index (χ3v) is 2.68. The van der Waals surface area contributed by atoms with Gasteiger partial charge in [-0.05, 0) is 36.8 Å². The molecule has 0 saturated heterocycles. The minimum absolute atomic E-state index is 0.213. The minimum Gasteiger partial charge on any atom is -0.508 e. The molecule has 2 rings (SSSR count). The summed E-state index contributed by atoms with van der Waals surface area (Å²) in [6.07, 6.45) is 1.80. The Balaban J connectivity index is 1.92. The molecule has 88 valence electrons. The van der Waals surface area contributed by atoms with Gasteiger partial charge in [0.25, 0.3) is 0 Å². The maximum absolute atomic E-state index is 9.18. The molecular formula is C14H16N2O. The molecule has 0 aliphatic heterocycles. The van der Waals surface area contributed by atoms with Gasteiger partial charge < -0.3 is 10.4 Å². The van der Waals surface area contributed by atoms with Gasteiger partial charge in [-0.2, -0.15) is 0 Å². The number of benzene rings is 1. The van der Waals surface area contributed by atoms with Crippen LogP contribution in [0.4, 0.5) is 0 Å². The summed E-state index contributed by atoms with van der Waals surface area (Å²) in [5.41, 5.74) is 2.18. The van der Waals surface area contributed by atoms with E-state index in [1.54, 1.807) is 18.3 Å². The van der Waals surface area contributed by atoms with E-state index >= 15 is 0 Å². The fraction of sp³-hybridized carbons (Fsp3) is 0.214. The van der Waals surface area contributed by atoms with Crippen molar-refractivity contribution in [2.24, 2.45) is 0 Å². The molecule has 3 heteroatoms. The van der Waals surface area contributed by atoms with Gasteiger partial charge in [0.2, 0.25) is 0 Å². The van der Waals surface area contributed by atoms with Gasteiger partial charge in [-0.15, -0.1) is 0 Å². The largest absolute Gasteiger partial charge is 0.508 e. The quantitative estimate of drug-likeness (QED) is 0.845. The first-order valence-electron chi connectivity index (χ1n) is 5.68. The minimum atomic E-state index is 0.213. The van der Waals surface area contributed by atoms with Gasteiger partial charge in [0.1, 0.15) is 5.75 Å². The highest BCUT2D eigenvalue weighted by Gasteiger charge is 2.04. The topological polar surface area (TPSA) is 45.1 Å². The average Bonchev–Trinajstić information content (AvgIpc) is 2.39. The van der Waals surface area contributed by atoms with Crippen molar-refractivity contribution in [3.63, 3.8) is 0 Å². The van der Waals surface area contributed by atoms with Gasteiger partial charge in [0.05, 0.1) is 5.69 Å². The number of aromatic nitrogens is 1. The van der Waals surface area contributed by atoms with E-state index in [0.717, 1.165) is 17.8 Å². The smallest absolute Gasteiger partial charge is 0.115 e. The van der Waals surface area contributed by atoms with E-state index in [9.17, 15) is 5.11 Å². The van der Waals surface area contributed by atoms with Crippen LogP contribution in [-0.2, 0) is 6.54 Å². The van der Waals surface area contributed by atoms with Crippen LogP contribution in [0.25, 0.3) is 0 Å². The van der Waals surface area contributed by atoms with Crippen LogP contribution < -0.4 is 5.32 Å². The van der Waals surface area contributed by atoms with E-state index in [4.69, 9.17) is 0 Å². The van der Waals surface area contributed by atoms with Crippen molar-refractivity contribution in [1.29, 1.82) is 0 Å². The molecular weight excluding hydrogens is 212 g/mol. The summed E-state index contributed by atoms with van der Waals surface area (Å²) in [6.45, 7) is 2.85. The number of phenols is 1. The molecule has 2 aromatic rings. The monoisotopic (exact) mass is 228 g/mol. The lowest BCUT2D eigenvalue weighted by Crippen LogP contribution is -2.18. The number of phenolic OH excluding ortho intramolecular Hbond substituents is 1. The number of pyridine rings is 1. The molecule has 1 atom stereocenters. The lowest BCUT2D eigenvalue weighted by Gasteiger charge is -2.13. The molecule has 0 aliphatic carbocycles. The zero-order valence-corrected chi connectivity index (χ0v) is 9.80. The maximum Gasteiger partial charge on any atom is 0.115 e. The fourth-order valence-electron chi connectivity index (χ4n) is 1.62. The Morgan fingerprint density at radius 2 is 1.94 bits per heavy atom. The van der Waals surface area contributed by atoms with Crippen LogP contribution in [0, 0.1) is 0 Å². The molecule has 0 amide bonds. The molecule has 1 heterocycles. The van der Waals surface area contributed by atoms with Crippen LogP contribution in [-0.4, -0.2) is 10.1 Å². The van der Waals surface area contributed by atoms with Crippen molar-refractivity contribution in [2.45, 2.75) is 19.5 Å². The van der Waals surface area contributed by atoms with E-state index < -0.39 is 0 Å². The Kier molecular flexibility index (Phi) is 3.73. The maximum atomic E-state index is 9.18. The Morgan fingerprint density at radius 3 is 2.59 bits per heavy atom. The van der Waals surface area contributed by atoms with E-state index in [-0.39, 0.29) is 6.04 Å². The third-order valence-electron chi connectivity index (χ3n) is 2.68. The summed E-state index contributed by atoms with van der Waals surface area (Å²) in [7, 11) is 0. The lowest BCUT2D eigenvalue weighted by molar-refractivity contribution is 0.474. The summed E-state index contributed by atoms with van der Waals surface area (Å²) in [5, 5.41) is 12.6. The highest BCUT2D eigenvalue weighted by Crippen LogP contribution is 2.12. The number of nitrogens with zero attached hydrogens (tertiary/aromatic N) is 1. The van der Waals surface area contributed by atoms with Crippen molar-refractivity contribution in [3.8, 4) is 5.75 Å². The molecule has 1 aromatic carbocycles. The summed E-state index contributed by atoms with van der Waals surface area (Å²) >= 11 is 0. The second-order valence-corrected chi connectivity index (χ2v) is 4.02. The normalized spacial score (nSPS) is 12.3. The second kappa shape index (κ2) is 5.46. The number of hydrogen-bond acceptors (Lipinski definition) is 3. The van der Waals surface area contributed by atoms with Gasteiger partial charge in [-0.3, -0.25) is 4.98 Å². The molecule has 0 saturated carbocycles. The Morgan fingerprint density at radius 1 is 1.18 bits per heavy atom. The molecule has 17 heavy (non-hydrogen) atoms. The first-order chi connectivity index (χ1) is 8.25. The summed E-state index contributed by atoms with van der Waals surface area (Å²) in [6, 6.07) is 13.3. The summed E-state index contributed by atoms with van der Waals surface area (Å²) in [4.78, 5) is 4.30. The molecule has 1 aromatic heterocycles. The molecule has 0 bridgehead atoms. The fourth-order valence-corrected chi connectivity index (χ4v) is 1.62. The van der Waals surface area contributed by atoms with Gasteiger partial charge in [0.15, 0.2) is 0 Å². The Bertz CT molecular complexity index is 453. The Hall–Kier alpha value is -1.87. The van der Waals surface area contributed by atoms with Crippen LogP contribution in [0.2, 0.25) is 0 Å². The molecule has 0 fully saturated rings. The highest BCUT2D eigenvalue weighted by molar-refractivity contribution is 5.25. The van der Waals surface area contributed by atoms with E-state index in [1.165, 1.54) is 0 Å². The van der Waals surface area contributed by atoms with Crippen LogP contribution in [0.1, 0.15) is 24.2 Å². The first kappa shape index (κ1) is 11.6. The van der Waals surface area contributed by atoms with Crippen molar-refractivity contribution >= 4 is 0 Å². The zero-order valence-electron chi connectivity index (χ0n) is 9.80. The van der Waals surface area contributed by atoms with Gasteiger partial charge in [-0.1, -0.05) is 18.2 Å². The molecule has 3 nitrogen and oxygen atoms in total. The van der Waals surface area contributed by atoms with E-state index in [2.05, 4.69) is 17.2 Å². The number of rotatable bonds is 4. The standard InChI is InChI=1S/C14H16N2O/c1-11(14-4-2-3-9-15-14)16-10-12-5-7-13(17)8-6-12/h2-9,11,16-17H,10H2,1H3/t11-/m1/s1. The molecule has 0 spiro atoms. The van der Waals surface area contributed by atoms with Crippen LogP contribution in [0.15, 0.2) is 48.7 Å². The number of aromatic hydroxyl groups is 1. The average molecular weight is 228 g/mol. The number of nitrogens with one attached hydrogen (secondary N) is 1. The predicted octanol–water partition coefficient (Wildman–Crippen LogP) is 2.64. The van der Waals surface area contributed by atoms with E-state index in [0.29, 0.717) is 5.75 Å². The number of hydrogen-bond donors (Lipinski definition) is 2. The third kappa shape index (κ3) is 3.29. The molecule has 0 radical (unpaired) electrons. The van der Waals surface area contributed by atoms with Crippen molar-refractivity contribution in [3.05, 3.63) is 59.9 Å². The van der Waals surface area contributed by atoms with Crippen LogP contribution >= 0.6 is 0 Å². The highest BCUT2D eigenvalue weighted by atomic mass is 16.3. The van der Waals surface area contributed by atoms with Crippen molar-refractivity contribution < 1.29 is 5.11 Å². The van der Waals surface area contributed by atoms with Gasteiger partial charge in [0, 0.05) is 18.8 Å². The summed E-state index contributed by atoms with van der Waals surface area (Å²) < 4.78 is 0. The summed E-state index contributed by atoms with van der Waals surface area (Å²) in [5.74, 6) is 0.298. The van der Waals surface area contributed by atoms with Gasteiger partial charge in [-0.25, -0.2) is 0 Å². The molecule has 0 aliphatic rings. The molecule has 0 unspecified atom stereocenters.